The maximum atomic E-state index is 13.9. The Morgan fingerprint density at radius 3 is 2.39 bits per heavy atom. The van der Waals surface area contributed by atoms with Crippen molar-refractivity contribution in [1.82, 2.24) is 5.32 Å². The first kappa shape index (κ1) is 28.0. The van der Waals surface area contributed by atoms with E-state index in [4.69, 9.17) is 4.74 Å². The molecular formula is C30H36N2O4S2. The molecule has 38 heavy (non-hydrogen) atoms. The van der Waals surface area contributed by atoms with E-state index in [1.54, 1.807) is 48.5 Å². The predicted molar refractivity (Wildman–Crippen MR) is 155 cm³/mol. The highest BCUT2D eigenvalue weighted by atomic mass is 32.2. The van der Waals surface area contributed by atoms with Crippen LogP contribution in [0.15, 0.2) is 76.5 Å². The summed E-state index contributed by atoms with van der Waals surface area (Å²) in [6.45, 7) is 3.87. The Bertz CT molecular complexity index is 1360. The maximum absolute atomic E-state index is 13.9. The number of anilines is 1. The molecule has 0 aliphatic heterocycles. The van der Waals surface area contributed by atoms with Gasteiger partial charge in [-0.1, -0.05) is 37.3 Å². The number of ether oxygens (including phenoxy) is 1. The van der Waals surface area contributed by atoms with Crippen LogP contribution in [0.25, 0.3) is 0 Å². The third kappa shape index (κ3) is 6.35. The highest BCUT2D eigenvalue weighted by Crippen LogP contribution is 2.33. The van der Waals surface area contributed by atoms with Crippen molar-refractivity contribution >= 4 is 33.4 Å². The predicted octanol–water partition coefficient (Wildman–Crippen LogP) is 6.15. The quantitative estimate of drug-likeness (QED) is 0.289. The molecule has 1 aliphatic carbocycles. The van der Waals surface area contributed by atoms with Crippen molar-refractivity contribution < 1.29 is 17.9 Å². The van der Waals surface area contributed by atoms with Crippen LogP contribution in [0.5, 0.6) is 5.75 Å². The Balaban J connectivity index is 1.64. The molecule has 8 heteroatoms. The van der Waals surface area contributed by atoms with Gasteiger partial charge in [0.15, 0.2) is 0 Å². The SMILES string of the molecule is CCOc1ccccc1N(CC(=O)N[C@H](CC)c1ccc2c(c1)CCCC2)S(=O)(=O)c1ccc(SC)cc1. The Hall–Kier alpha value is -2.97. The molecule has 0 saturated heterocycles. The molecule has 0 radical (unpaired) electrons. The first-order valence-corrected chi connectivity index (χ1v) is 15.8. The van der Waals surface area contributed by atoms with Crippen LogP contribution in [0.4, 0.5) is 5.69 Å². The zero-order valence-corrected chi connectivity index (χ0v) is 23.9. The van der Waals surface area contributed by atoms with E-state index in [1.807, 2.05) is 20.1 Å². The first-order chi connectivity index (χ1) is 18.4. The molecule has 202 valence electrons. The van der Waals surface area contributed by atoms with E-state index in [0.717, 1.165) is 27.6 Å². The summed E-state index contributed by atoms with van der Waals surface area (Å²) in [4.78, 5) is 14.5. The van der Waals surface area contributed by atoms with Crippen LogP contribution in [0, 0.1) is 0 Å². The van der Waals surface area contributed by atoms with Crippen molar-refractivity contribution in [2.45, 2.75) is 61.8 Å². The second kappa shape index (κ2) is 12.7. The molecule has 4 rings (SSSR count). The topological polar surface area (TPSA) is 75.7 Å². The number of benzene rings is 3. The van der Waals surface area contributed by atoms with Crippen LogP contribution < -0.4 is 14.4 Å². The summed E-state index contributed by atoms with van der Waals surface area (Å²) in [5, 5.41) is 3.09. The summed E-state index contributed by atoms with van der Waals surface area (Å²) < 4.78 is 34.7. The number of sulfonamides is 1. The van der Waals surface area contributed by atoms with Crippen LogP contribution in [0.1, 0.15) is 55.8 Å². The number of rotatable bonds is 11. The molecule has 0 bridgehead atoms. The van der Waals surface area contributed by atoms with Gasteiger partial charge in [0.05, 0.1) is 23.2 Å². The lowest BCUT2D eigenvalue weighted by atomic mass is 9.89. The first-order valence-electron chi connectivity index (χ1n) is 13.2. The van der Waals surface area contributed by atoms with Crippen molar-refractivity contribution in [3.8, 4) is 5.75 Å². The smallest absolute Gasteiger partial charge is 0.264 e. The summed E-state index contributed by atoms with van der Waals surface area (Å²) in [6, 6.07) is 19.9. The molecule has 1 amide bonds. The lowest BCUT2D eigenvalue weighted by molar-refractivity contribution is -0.120. The van der Waals surface area contributed by atoms with Crippen molar-refractivity contribution in [1.29, 1.82) is 0 Å². The zero-order valence-electron chi connectivity index (χ0n) is 22.3. The lowest BCUT2D eigenvalue weighted by Gasteiger charge is -2.27. The van der Waals surface area contributed by atoms with Gasteiger partial charge in [0.25, 0.3) is 10.0 Å². The van der Waals surface area contributed by atoms with Gasteiger partial charge in [-0.15, -0.1) is 11.8 Å². The van der Waals surface area contributed by atoms with E-state index in [9.17, 15) is 13.2 Å². The Labute approximate surface area is 230 Å². The highest BCUT2D eigenvalue weighted by Gasteiger charge is 2.30. The molecule has 0 spiro atoms. The molecular weight excluding hydrogens is 516 g/mol. The van der Waals surface area contributed by atoms with Crippen LogP contribution in [0.2, 0.25) is 0 Å². The van der Waals surface area contributed by atoms with Crippen molar-refractivity contribution in [2.75, 3.05) is 23.7 Å². The molecule has 3 aromatic carbocycles. The fourth-order valence-corrected chi connectivity index (χ4v) is 6.72. The van der Waals surface area contributed by atoms with Crippen molar-refractivity contribution in [2.24, 2.45) is 0 Å². The Morgan fingerprint density at radius 2 is 1.71 bits per heavy atom. The summed E-state index contributed by atoms with van der Waals surface area (Å²) in [5.74, 6) is 0.0408. The van der Waals surface area contributed by atoms with Crippen molar-refractivity contribution in [3.05, 3.63) is 83.4 Å². The average Bonchev–Trinajstić information content (AvgIpc) is 2.95. The van der Waals surface area contributed by atoms with Gasteiger partial charge in [0, 0.05) is 4.90 Å². The average molecular weight is 553 g/mol. The molecule has 1 N–H and O–H groups in total. The molecule has 1 aliphatic rings. The van der Waals surface area contributed by atoms with Crippen molar-refractivity contribution in [3.63, 3.8) is 0 Å². The van der Waals surface area contributed by atoms with E-state index in [1.165, 1.54) is 35.7 Å². The normalized spacial score (nSPS) is 13.9. The van der Waals surface area contributed by atoms with E-state index >= 15 is 0 Å². The number of nitrogens with zero attached hydrogens (tertiary/aromatic N) is 1. The number of thioether (sulfide) groups is 1. The van der Waals surface area contributed by atoms with E-state index in [0.29, 0.717) is 24.5 Å². The molecule has 6 nitrogen and oxygen atoms in total. The number of hydrogen-bond acceptors (Lipinski definition) is 5. The van der Waals surface area contributed by atoms with E-state index in [-0.39, 0.29) is 23.4 Å². The van der Waals surface area contributed by atoms with E-state index < -0.39 is 10.0 Å². The number of nitrogens with one attached hydrogen (secondary N) is 1. The lowest BCUT2D eigenvalue weighted by Crippen LogP contribution is -2.42. The molecule has 0 fully saturated rings. The number of para-hydroxylation sites is 2. The summed E-state index contributed by atoms with van der Waals surface area (Å²) in [6.07, 6.45) is 7.19. The molecule has 0 heterocycles. The maximum Gasteiger partial charge on any atom is 0.264 e. The minimum absolute atomic E-state index is 0.121. The van der Waals surface area contributed by atoms with Crippen LogP contribution in [0.3, 0.4) is 0 Å². The number of hydrogen-bond donors (Lipinski definition) is 1. The Morgan fingerprint density at radius 1 is 1.00 bits per heavy atom. The summed E-state index contributed by atoms with van der Waals surface area (Å²) in [5.41, 5.74) is 4.13. The van der Waals surface area contributed by atoms with Crippen LogP contribution in [-0.4, -0.2) is 33.7 Å². The second-order valence-electron chi connectivity index (χ2n) is 9.35. The summed E-state index contributed by atoms with van der Waals surface area (Å²) >= 11 is 1.54. The molecule has 0 saturated carbocycles. The number of amides is 1. The largest absolute Gasteiger partial charge is 0.492 e. The third-order valence-electron chi connectivity index (χ3n) is 6.89. The highest BCUT2D eigenvalue weighted by molar-refractivity contribution is 7.98. The van der Waals surface area contributed by atoms with E-state index in [2.05, 4.69) is 23.5 Å². The van der Waals surface area contributed by atoms with Gasteiger partial charge in [-0.3, -0.25) is 9.10 Å². The Kier molecular flexibility index (Phi) is 9.39. The minimum atomic E-state index is -4.05. The fraction of sp³-hybridized carbons (Fsp3) is 0.367. The number of aryl methyl sites for hydroxylation is 2. The number of fused-ring (bicyclic) bond motifs is 1. The van der Waals surface area contributed by atoms with Gasteiger partial charge in [0.2, 0.25) is 5.91 Å². The van der Waals surface area contributed by atoms with Crippen LogP contribution in [-0.2, 0) is 27.7 Å². The van der Waals surface area contributed by atoms with Gasteiger partial charge in [0.1, 0.15) is 12.3 Å². The molecule has 0 unspecified atom stereocenters. The van der Waals surface area contributed by atoms with Gasteiger partial charge in [-0.2, -0.15) is 0 Å². The fourth-order valence-electron chi connectivity index (χ4n) is 4.88. The third-order valence-corrected chi connectivity index (χ3v) is 9.40. The standard InChI is InChI=1S/C30H36N2O4S2/c1-4-27(24-15-14-22-10-6-7-11-23(22)20-24)31-30(33)21-32(28-12-8-9-13-29(28)36-5-2)38(34,35)26-18-16-25(37-3)17-19-26/h8-9,12-20,27H,4-7,10-11,21H2,1-3H3,(H,31,33)/t27-/m1/s1. The van der Waals surface area contributed by atoms with Gasteiger partial charge in [-0.05, 0) is 98.4 Å². The molecule has 1 atom stereocenters. The zero-order chi connectivity index (χ0) is 27.1. The molecule has 3 aromatic rings. The number of carbonyl (C=O) groups is 1. The monoisotopic (exact) mass is 552 g/mol. The minimum Gasteiger partial charge on any atom is -0.492 e. The van der Waals surface area contributed by atoms with Crippen LogP contribution >= 0.6 is 11.8 Å². The molecule has 0 aromatic heterocycles. The van der Waals surface area contributed by atoms with Gasteiger partial charge in [-0.25, -0.2) is 8.42 Å². The van der Waals surface area contributed by atoms with Gasteiger partial charge < -0.3 is 10.1 Å². The summed E-state index contributed by atoms with van der Waals surface area (Å²) in [7, 11) is -4.05. The number of carbonyl (C=O) groups excluding carboxylic acids is 1. The second-order valence-corrected chi connectivity index (χ2v) is 12.1. The van der Waals surface area contributed by atoms with Gasteiger partial charge >= 0.3 is 0 Å².